The van der Waals surface area contributed by atoms with Gasteiger partial charge in [-0.1, -0.05) is 12.1 Å². The molecule has 0 aliphatic heterocycles. The second-order valence-corrected chi connectivity index (χ2v) is 3.17. The molecule has 1 saturated carbocycles. The Balaban J connectivity index is 2.50. The van der Waals surface area contributed by atoms with Crippen LogP contribution in [0.1, 0.15) is 34.7 Å². The molecule has 12 heavy (non-hydrogen) atoms. The molecule has 1 N–H and O–H groups in total. The van der Waals surface area contributed by atoms with Gasteiger partial charge in [0, 0.05) is 0 Å². The van der Waals surface area contributed by atoms with Gasteiger partial charge < -0.3 is 5.11 Å². The summed E-state index contributed by atoms with van der Waals surface area (Å²) >= 11 is 0. The Labute approximate surface area is 70.8 Å². The van der Waals surface area contributed by atoms with Gasteiger partial charge in [-0.05, 0) is 30.4 Å². The number of aldehydes is 1. The quantitative estimate of drug-likeness (QED) is 0.676. The highest BCUT2D eigenvalue weighted by molar-refractivity contribution is 5.82. The van der Waals surface area contributed by atoms with Gasteiger partial charge in [0.25, 0.3) is 0 Å². The maximum Gasteiger partial charge on any atom is 0.154 e. The molecule has 0 heterocycles. The largest absolute Gasteiger partial charge is 0.507 e. The van der Waals surface area contributed by atoms with Crippen molar-refractivity contribution in [2.45, 2.75) is 18.8 Å². The van der Waals surface area contributed by atoms with E-state index in [1.165, 1.54) is 0 Å². The van der Waals surface area contributed by atoms with Crippen LogP contribution in [-0.2, 0) is 0 Å². The Morgan fingerprint density at radius 3 is 2.75 bits per heavy atom. The van der Waals surface area contributed by atoms with Crippen LogP contribution >= 0.6 is 0 Å². The van der Waals surface area contributed by atoms with Gasteiger partial charge >= 0.3 is 0 Å². The van der Waals surface area contributed by atoms with Gasteiger partial charge in [0.15, 0.2) is 6.29 Å². The van der Waals surface area contributed by atoms with Crippen LogP contribution in [0.4, 0.5) is 0 Å². The summed E-state index contributed by atoms with van der Waals surface area (Å²) in [6, 6.07) is 5.26. The molecule has 0 spiro atoms. The van der Waals surface area contributed by atoms with E-state index >= 15 is 0 Å². The van der Waals surface area contributed by atoms with Crippen LogP contribution in [0.2, 0.25) is 0 Å². The van der Waals surface area contributed by atoms with E-state index < -0.39 is 0 Å². The lowest BCUT2D eigenvalue weighted by atomic mass is 10.0. The SMILES string of the molecule is O=Cc1c(O)cccc1C1CC1. The Kier molecular flexibility index (Phi) is 1.61. The molecular formula is C10H10O2. The van der Waals surface area contributed by atoms with Crippen molar-refractivity contribution in [2.24, 2.45) is 0 Å². The number of rotatable bonds is 2. The molecule has 0 unspecified atom stereocenters. The molecule has 1 aromatic carbocycles. The molecule has 1 aliphatic rings. The highest BCUT2D eigenvalue weighted by Crippen LogP contribution is 2.42. The van der Waals surface area contributed by atoms with Crippen LogP contribution in [0, 0.1) is 0 Å². The minimum atomic E-state index is 0.106. The van der Waals surface area contributed by atoms with Crippen LogP contribution in [0.15, 0.2) is 18.2 Å². The van der Waals surface area contributed by atoms with E-state index in [0.717, 1.165) is 24.7 Å². The molecule has 0 bridgehead atoms. The van der Waals surface area contributed by atoms with E-state index in [0.29, 0.717) is 11.5 Å². The fourth-order valence-electron chi connectivity index (χ4n) is 1.45. The van der Waals surface area contributed by atoms with Crippen molar-refractivity contribution in [3.8, 4) is 5.75 Å². The van der Waals surface area contributed by atoms with Gasteiger partial charge in [-0.15, -0.1) is 0 Å². The predicted molar refractivity (Wildman–Crippen MR) is 45.5 cm³/mol. The lowest BCUT2D eigenvalue weighted by Crippen LogP contribution is -1.89. The second-order valence-electron chi connectivity index (χ2n) is 3.17. The van der Waals surface area contributed by atoms with E-state index in [9.17, 15) is 9.90 Å². The van der Waals surface area contributed by atoms with E-state index in [4.69, 9.17) is 0 Å². The first-order valence-electron chi connectivity index (χ1n) is 4.10. The summed E-state index contributed by atoms with van der Waals surface area (Å²) in [5, 5.41) is 9.34. The maximum atomic E-state index is 10.6. The van der Waals surface area contributed by atoms with Crippen molar-refractivity contribution in [1.82, 2.24) is 0 Å². The number of hydrogen-bond acceptors (Lipinski definition) is 2. The smallest absolute Gasteiger partial charge is 0.154 e. The zero-order valence-electron chi connectivity index (χ0n) is 6.66. The molecule has 1 aliphatic carbocycles. The standard InChI is InChI=1S/C10H10O2/c11-6-9-8(7-4-5-7)2-1-3-10(9)12/h1-3,6-7,12H,4-5H2. The third-order valence-electron chi connectivity index (χ3n) is 2.25. The van der Waals surface area contributed by atoms with Gasteiger partial charge in [0.05, 0.1) is 5.56 Å². The van der Waals surface area contributed by atoms with Crippen LogP contribution in [-0.4, -0.2) is 11.4 Å². The van der Waals surface area contributed by atoms with Gasteiger partial charge in [-0.25, -0.2) is 0 Å². The van der Waals surface area contributed by atoms with Crippen molar-refractivity contribution < 1.29 is 9.90 Å². The summed E-state index contributed by atoms with van der Waals surface area (Å²) in [6.07, 6.45) is 3.03. The zero-order chi connectivity index (χ0) is 8.55. The van der Waals surface area contributed by atoms with Crippen LogP contribution < -0.4 is 0 Å². The monoisotopic (exact) mass is 162 g/mol. The minimum Gasteiger partial charge on any atom is -0.507 e. The first-order chi connectivity index (χ1) is 5.83. The molecule has 0 amide bonds. The molecule has 0 aromatic heterocycles. The number of phenols is 1. The van der Waals surface area contributed by atoms with Crippen LogP contribution in [0.25, 0.3) is 0 Å². The number of aromatic hydroxyl groups is 1. The van der Waals surface area contributed by atoms with E-state index in [2.05, 4.69) is 0 Å². The number of benzene rings is 1. The first-order valence-corrected chi connectivity index (χ1v) is 4.10. The van der Waals surface area contributed by atoms with Crippen molar-refractivity contribution in [3.05, 3.63) is 29.3 Å². The number of carbonyl (C=O) groups is 1. The number of carbonyl (C=O) groups excluding carboxylic acids is 1. The lowest BCUT2D eigenvalue weighted by Gasteiger charge is -2.03. The third kappa shape index (κ3) is 1.09. The summed E-state index contributed by atoms with van der Waals surface area (Å²) < 4.78 is 0. The molecule has 0 saturated heterocycles. The first kappa shape index (κ1) is 7.35. The van der Waals surface area contributed by atoms with Crippen molar-refractivity contribution in [2.75, 3.05) is 0 Å². The van der Waals surface area contributed by atoms with E-state index in [1.807, 2.05) is 6.07 Å². The molecule has 0 radical (unpaired) electrons. The van der Waals surface area contributed by atoms with Crippen LogP contribution in [0.3, 0.4) is 0 Å². The topological polar surface area (TPSA) is 37.3 Å². The molecule has 0 atom stereocenters. The van der Waals surface area contributed by atoms with E-state index in [1.54, 1.807) is 12.1 Å². The summed E-state index contributed by atoms with van der Waals surface area (Å²) in [4.78, 5) is 10.6. The van der Waals surface area contributed by atoms with Crippen molar-refractivity contribution >= 4 is 6.29 Å². The fourth-order valence-corrected chi connectivity index (χ4v) is 1.45. The molecule has 62 valence electrons. The highest BCUT2D eigenvalue weighted by atomic mass is 16.3. The second kappa shape index (κ2) is 2.63. The van der Waals surface area contributed by atoms with E-state index in [-0.39, 0.29) is 5.75 Å². The third-order valence-corrected chi connectivity index (χ3v) is 2.25. The zero-order valence-corrected chi connectivity index (χ0v) is 6.66. The van der Waals surface area contributed by atoms with Gasteiger partial charge in [0.2, 0.25) is 0 Å². The lowest BCUT2D eigenvalue weighted by molar-refractivity contribution is 0.112. The Hall–Kier alpha value is -1.31. The van der Waals surface area contributed by atoms with Gasteiger partial charge in [0.1, 0.15) is 5.75 Å². The molecule has 1 aromatic rings. The predicted octanol–water partition coefficient (Wildman–Crippen LogP) is 2.08. The minimum absolute atomic E-state index is 0.106. The van der Waals surface area contributed by atoms with Gasteiger partial charge in [-0.3, -0.25) is 4.79 Å². The normalized spacial score (nSPS) is 16.0. The Morgan fingerprint density at radius 1 is 1.42 bits per heavy atom. The average Bonchev–Trinajstić information content (AvgIpc) is 2.86. The number of hydrogen-bond donors (Lipinski definition) is 1. The van der Waals surface area contributed by atoms with Crippen LogP contribution in [0.5, 0.6) is 5.75 Å². The summed E-state index contributed by atoms with van der Waals surface area (Å²) in [5.74, 6) is 0.617. The molecular weight excluding hydrogens is 152 g/mol. The summed E-state index contributed by atoms with van der Waals surface area (Å²) in [7, 11) is 0. The van der Waals surface area contributed by atoms with Gasteiger partial charge in [-0.2, -0.15) is 0 Å². The summed E-state index contributed by atoms with van der Waals surface area (Å²) in [6.45, 7) is 0. The molecule has 1 fully saturated rings. The Bertz CT molecular complexity index is 314. The molecule has 2 nitrogen and oxygen atoms in total. The number of phenolic OH excluding ortho intramolecular Hbond substituents is 1. The summed E-state index contributed by atoms with van der Waals surface area (Å²) in [5.41, 5.74) is 1.48. The highest BCUT2D eigenvalue weighted by Gasteiger charge is 2.26. The molecule has 2 rings (SSSR count). The maximum absolute atomic E-state index is 10.6. The van der Waals surface area contributed by atoms with Crippen molar-refractivity contribution in [3.63, 3.8) is 0 Å². The fraction of sp³-hybridized carbons (Fsp3) is 0.300. The molecule has 2 heteroatoms. The Morgan fingerprint density at radius 2 is 2.17 bits per heavy atom. The average molecular weight is 162 g/mol. The van der Waals surface area contributed by atoms with Crippen molar-refractivity contribution in [1.29, 1.82) is 0 Å².